The van der Waals surface area contributed by atoms with Gasteiger partial charge in [0.05, 0.1) is 53.5 Å². The summed E-state index contributed by atoms with van der Waals surface area (Å²) in [5, 5.41) is 64.2. The van der Waals surface area contributed by atoms with Crippen LogP contribution in [0, 0.1) is 5.41 Å². The molecule has 0 amide bonds. The molecule has 0 aliphatic heterocycles. The molecule has 0 saturated carbocycles. The first-order chi connectivity index (χ1) is 31.4. The highest BCUT2D eigenvalue weighted by Gasteiger charge is 2.65. The van der Waals surface area contributed by atoms with E-state index in [4.69, 9.17) is 5.11 Å². The van der Waals surface area contributed by atoms with Crippen LogP contribution in [0.5, 0.6) is 0 Å². The van der Waals surface area contributed by atoms with E-state index in [9.17, 15) is 44.7 Å². The topological polar surface area (TPSA) is 195 Å². The molecule has 0 bridgehead atoms. The predicted octanol–water partition coefficient (Wildman–Crippen LogP) is 10.1. The zero-order valence-electron chi connectivity index (χ0n) is 45.1. The number of carbonyl (C=O) groups excluding carboxylic acids is 2. The number of nitrogens with zero attached hydrogens (tertiary/aromatic N) is 2. The highest BCUT2D eigenvalue weighted by molar-refractivity contribution is 5.88. The maximum Gasteiger partial charge on any atom is 0.316 e. The fraction of sp³-hybridized carbons (Fsp3) is 0.891. The molecule has 12 nitrogen and oxygen atoms in total. The molecule has 0 rings (SSSR count). The first-order valence-electron chi connectivity index (χ1n) is 26.9. The van der Waals surface area contributed by atoms with Crippen molar-refractivity contribution in [3.63, 3.8) is 0 Å². The maximum absolute atomic E-state index is 12.8. The summed E-state index contributed by atoms with van der Waals surface area (Å²) >= 11 is 0. The molecule has 67 heavy (non-hydrogen) atoms. The van der Waals surface area contributed by atoms with Gasteiger partial charge in [0, 0.05) is 19.3 Å². The molecule has 0 saturated heterocycles. The van der Waals surface area contributed by atoms with Crippen molar-refractivity contribution in [3.05, 3.63) is 12.2 Å². The van der Waals surface area contributed by atoms with Crippen LogP contribution in [0.25, 0.3) is 0 Å². The van der Waals surface area contributed by atoms with Gasteiger partial charge in [-0.1, -0.05) is 142 Å². The van der Waals surface area contributed by atoms with Crippen molar-refractivity contribution in [2.45, 2.75) is 276 Å². The average molecular weight is 955 g/mol. The lowest BCUT2D eigenvalue weighted by Gasteiger charge is -2.56. The highest BCUT2D eigenvalue weighted by Crippen LogP contribution is 2.49. The van der Waals surface area contributed by atoms with Crippen LogP contribution in [0.3, 0.4) is 0 Å². The van der Waals surface area contributed by atoms with Crippen molar-refractivity contribution in [1.82, 2.24) is 0 Å². The minimum atomic E-state index is -1.77. The SMILES string of the molecule is CCCCCCCC/C=C\CCCCCCCCC(C)[N+](C)(C)C(C)(CCCC(=O)O)C(=O)[O-].CCCCCCCCCCCCC(C(=O)[O-])(C(CCC(C)O)(CC(C)O)C(=O)O)[N+](C)(C)C. The molecular formula is C55H106N2O10. The molecule has 6 atom stereocenters. The third kappa shape index (κ3) is 25.2. The molecule has 0 radical (unpaired) electrons. The van der Waals surface area contributed by atoms with Gasteiger partial charge < -0.3 is 49.2 Å². The van der Waals surface area contributed by atoms with Gasteiger partial charge in [0.1, 0.15) is 22.9 Å². The first kappa shape index (κ1) is 66.5. The van der Waals surface area contributed by atoms with Gasteiger partial charge in [-0.2, -0.15) is 0 Å². The fourth-order valence-corrected chi connectivity index (χ4v) is 10.2. The number of likely N-dealkylation sites (N-methyl/N-ethyl adjacent to an activating group) is 2. The largest absolute Gasteiger partial charge is 0.544 e. The molecule has 0 aromatic rings. The van der Waals surface area contributed by atoms with E-state index in [2.05, 4.69) is 32.9 Å². The van der Waals surface area contributed by atoms with Gasteiger partial charge in [0.25, 0.3) is 0 Å². The van der Waals surface area contributed by atoms with E-state index in [-0.39, 0.29) is 42.6 Å². The van der Waals surface area contributed by atoms with Gasteiger partial charge in [-0.15, -0.1) is 0 Å². The summed E-state index contributed by atoms with van der Waals surface area (Å²) in [7, 11) is 8.96. The number of hydrogen-bond donors (Lipinski definition) is 4. The molecule has 396 valence electrons. The van der Waals surface area contributed by atoms with Crippen LogP contribution >= 0.6 is 0 Å². The molecule has 0 fully saturated rings. The van der Waals surface area contributed by atoms with Crippen molar-refractivity contribution in [1.29, 1.82) is 0 Å². The van der Waals surface area contributed by atoms with Crippen LogP contribution < -0.4 is 10.2 Å². The van der Waals surface area contributed by atoms with E-state index in [0.717, 1.165) is 32.1 Å². The lowest BCUT2D eigenvalue weighted by molar-refractivity contribution is -0.954. The van der Waals surface area contributed by atoms with Gasteiger partial charge in [0.2, 0.25) is 0 Å². The summed E-state index contributed by atoms with van der Waals surface area (Å²) in [4.78, 5) is 48.4. The minimum Gasteiger partial charge on any atom is -0.544 e. The lowest BCUT2D eigenvalue weighted by atomic mass is 9.59. The van der Waals surface area contributed by atoms with E-state index >= 15 is 0 Å². The Labute approximate surface area is 410 Å². The monoisotopic (exact) mass is 955 g/mol. The molecule has 0 spiro atoms. The summed E-state index contributed by atoms with van der Waals surface area (Å²) in [5.74, 6) is -4.63. The number of aliphatic hydroxyl groups excluding tert-OH is 2. The van der Waals surface area contributed by atoms with E-state index in [1.54, 1.807) is 35.0 Å². The summed E-state index contributed by atoms with van der Waals surface area (Å²) in [5.41, 5.74) is -4.60. The lowest BCUT2D eigenvalue weighted by Crippen LogP contribution is -2.76. The molecule has 0 heterocycles. The Morgan fingerprint density at radius 3 is 1.31 bits per heavy atom. The van der Waals surface area contributed by atoms with E-state index < -0.39 is 52.6 Å². The summed E-state index contributed by atoms with van der Waals surface area (Å²) in [6.07, 6.45) is 33.4. The molecular weight excluding hydrogens is 849 g/mol. The summed E-state index contributed by atoms with van der Waals surface area (Å²) in [6, 6.07) is 0.171. The number of carbonyl (C=O) groups is 4. The number of carboxylic acid groups (broad SMARTS) is 4. The van der Waals surface area contributed by atoms with Crippen LogP contribution in [-0.4, -0.2) is 118 Å². The number of quaternary nitrogens is 2. The molecule has 6 unspecified atom stereocenters. The average Bonchev–Trinajstić information content (AvgIpc) is 3.23. The van der Waals surface area contributed by atoms with Crippen LogP contribution in [0.15, 0.2) is 12.2 Å². The number of rotatable bonds is 43. The number of aliphatic hydroxyl groups is 2. The van der Waals surface area contributed by atoms with Crippen LogP contribution in [0.2, 0.25) is 0 Å². The van der Waals surface area contributed by atoms with Gasteiger partial charge in [0.15, 0.2) is 5.54 Å². The fourth-order valence-electron chi connectivity index (χ4n) is 10.2. The van der Waals surface area contributed by atoms with Crippen molar-refractivity contribution >= 4 is 23.9 Å². The van der Waals surface area contributed by atoms with Gasteiger partial charge in [-0.3, -0.25) is 9.59 Å². The van der Waals surface area contributed by atoms with Crippen molar-refractivity contribution in [2.24, 2.45) is 5.41 Å². The first-order valence-corrected chi connectivity index (χ1v) is 26.9. The van der Waals surface area contributed by atoms with Gasteiger partial charge >= 0.3 is 11.9 Å². The molecule has 0 aromatic carbocycles. The summed E-state index contributed by atoms with van der Waals surface area (Å²) < 4.78 is 0.186. The third-order valence-corrected chi connectivity index (χ3v) is 15.2. The normalized spacial score (nSPS) is 16.3. The van der Waals surface area contributed by atoms with Crippen molar-refractivity contribution in [3.8, 4) is 0 Å². The van der Waals surface area contributed by atoms with Crippen molar-refractivity contribution in [2.75, 3.05) is 35.2 Å². The van der Waals surface area contributed by atoms with Crippen LogP contribution in [-0.2, 0) is 19.2 Å². The Balaban J connectivity index is 0. The summed E-state index contributed by atoms with van der Waals surface area (Å²) in [6.45, 7) is 11.3. The van der Waals surface area contributed by atoms with Gasteiger partial charge in [-0.25, -0.2) is 0 Å². The van der Waals surface area contributed by atoms with Crippen molar-refractivity contribution < 1.29 is 58.8 Å². The Morgan fingerprint density at radius 2 is 0.955 bits per heavy atom. The standard InChI is InChI=1S/C29H55NO4.C26H51NO6/c1-6-7-8-9-10-11-12-13-14-15-16-17-18-19-20-21-23-26(2)30(4,5)29(3,28(33)34)25-22-24-27(31)32;1-7-8-9-10-11-12-13-14-15-16-18-26(24(32)33,27(4,5)6)25(23(30)31,20-22(3)29)19-17-21(2)28/h13-14,26H,6-12,15-25H2,1-5H3,(H-,31,32,33,34);21-22,28-29H,7-20H2,1-6H3,(H-,30,31,32,33)/b14-13-;. The molecule has 0 aliphatic rings. The molecule has 4 N–H and O–H groups in total. The zero-order valence-corrected chi connectivity index (χ0v) is 45.1. The number of carboxylic acids is 4. The quantitative estimate of drug-likeness (QED) is 0.0259. The third-order valence-electron chi connectivity index (χ3n) is 15.2. The van der Waals surface area contributed by atoms with Gasteiger partial charge in [-0.05, 0) is 98.3 Å². The van der Waals surface area contributed by atoms with E-state index in [1.165, 1.54) is 129 Å². The Hall–Kier alpha value is -2.54. The van der Waals surface area contributed by atoms with Crippen LogP contribution in [0.1, 0.15) is 247 Å². The number of aliphatic carboxylic acids is 4. The minimum absolute atomic E-state index is 0.00777. The van der Waals surface area contributed by atoms with Crippen LogP contribution in [0.4, 0.5) is 0 Å². The molecule has 12 heteroatoms. The predicted molar refractivity (Wildman–Crippen MR) is 270 cm³/mol. The Bertz CT molecular complexity index is 1340. The number of hydrogen-bond acceptors (Lipinski definition) is 8. The Kier molecular flexibility index (Phi) is 36.2. The second-order valence-electron chi connectivity index (χ2n) is 21.8. The Morgan fingerprint density at radius 1 is 0.537 bits per heavy atom. The van der Waals surface area contributed by atoms with E-state index in [0.29, 0.717) is 23.7 Å². The zero-order chi connectivity index (χ0) is 51.6. The second kappa shape index (κ2) is 36.4. The molecule has 0 aromatic heterocycles. The maximum atomic E-state index is 12.8. The number of allylic oxidation sites excluding steroid dienone is 2. The highest BCUT2D eigenvalue weighted by atomic mass is 16.4. The molecule has 0 aliphatic carbocycles. The number of unbranched alkanes of at least 4 members (excludes halogenated alkanes) is 21. The second-order valence-corrected chi connectivity index (χ2v) is 21.8. The smallest absolute Gasteiger partial charge is 0.316 e. The van der Waals surface area contributed by atoms with E-state index in [1.807, 2.05) is 14.1 Å².